The van der Waals surface area contributed by atoms with Gasteiger partial charge in [0, 0.05) is 12.1 Å². The van der Waals surface area contributed by atoms with Crippen molar-refractivity contribution in [2.24, 2.45) is 5.41 Å². The molecule has 0 saturated carbocycles. The zero-order chi connectivity index (χ0) is 14.4. The molecule has 2 aromatic rings. The normalized spacial score (nSPS) is 24.2. The first-order chi connectivity index (χ1) is 10.1. The van der Waals surface area contributed by atoms with Crippen LogP contribution >= 0.6 is 0 Å². The van der Waals surface area contributed by atoms with Gasteiger partial charge in [-0.2, -0.15) is 0 Å². The van der Waals surface area contributed by atoms with Crippen molar-refractivity contribution < 1.29 is 9.47 Å². The summed E-state index contributed by atoms with van der Waals surface area (Å²) in [6.45, 7) is 6.86. The lowest BCUT2D eigenvalue weighted by molar-refractivity contribution is 0.172. The van der Waals surface area contributed by atoms with E-state index >= 15 is 0 Å². The number of imidazole rings is 1. The van der Waals surface area contributed by atoms with Crippen molar-refractivity contribution in [1.82, 2.24) is 15.3 Å². The Balaban J connectivity index is 1.76. The van der Waals surface area contributed by atoms with Crippen LogP contribution in [0.2, 0.25) is 0 Å². The van der Waals surface area contributed by atoms with Gasteiger partial charge in [-0.05, 0) is 24.8 Å². The Bertz CT molecular complexity index is 634. The summed E-state index contributed by atoms with van der Waals surface area (Å²) in [5.74, 6) is 2.61. The molecule has 1 unspecified atom stereocenters. The minimum Gasteiger partial charge on any atom is -0.486 e. The molecule has 1 aromatic heterocycles. The molecule has 2 aliphatic heterocycles. The van der Waals surface area contributed by atoms with E-state index < -0.39 is 0 Å². The molecule has 5 heteroatoms. The summed E-state index contributed by atoms with van der Waals surface area (Å²) < 4.78 is 11.3. The van der Waals surface area contributed by atoms with Crippen LogP contribution in [0, 0.1) is 5.41 Å². The minimum atomic E-state index is 0.207. The molecule has 2 aliphatic rings. The fourth-order valence-corrected chi connectivity index (χ4v) is 3.38. The van der Waals surface area contributed by atoms with Crippen LogP contribution in [0.1, 0.15) is 38.6 Å². The first-order valence-electron chi connectivity index (χ1n) is 7.66. The summed E-state index contributed by atoms with van der Waals surface area (Å²) >= 11 is 0. The van der Waals surface area contributed by atoms with E-state index in [1.807, 2.05) is 12.1 Å². The van der Waals surface area contributed by atoms with Crippen LogP contribution < -0.4 is 14.8 Å². The van der Waals surface area contributed by atoms with Gasteiger partial charge in [-0.15, -0.1) is 0 Å². The zero-order valence-electron chi connectivity index (χ0n) is 12.5. The molecule has 21 heavy (non-hydrogen) atoms. The number of hydrogen-bond acceptors (Lipinski definition) is 4. The molecular formula is C16H21N3O2. The third-order valence-electron chi connectivity index (χ3n) is 4.57. The van der Waals surface area contributed by atoms with Crippen molar-refractivity contribution in [3.63, 3.8) is 0 Å². The van der Waals surface area contributed by atoms with E-state index in [2.05, 4.69) is 24.1 Å². The molecule has 1 fully saturated rings. The molecule has 0 amide bonds. The highest BCUT2D eigenvalue weighted by Gasteiger charge is 2.35. The van der Waals surface area contributed by atoms with Gasteiger partial charge >= 0.3 is 0 Å². The second-order valence-corrected chi connectivity index (χ2v) is 6.61. The summed E-state index contributed by atoms with van der Waals surface area (Å²) in [5.41, 5.74) is 2.16. The third-order valence-corrected chi connectivity index (χ3v) is 4.57. The van der Waals surface area contributed by atoms with E-state index in [-0.39, 0.29) is 11.5 Å². The molecule has 112 valence electrons. The lowest BCUT2D eigenvalue weighted by Crippen LogP contribution is -2.40. The predicted octanol–water partition coefficient (Wildman–Crippen LogP) is 2.78. The van der Waals surface area contributed by atoms with Gasteiger partial charge < -0.3 is 19.8 Å². The van der Waals surface area contributed by atoms with E-state index in [4.69, 9.17) is 14.5 Å². The largest absolute Gasteiger partial charge is 0.486 e. The van der Waals surface area contributed by atoms with Gasteiger partial charge in [0.05, 0.1) is 17.1 Å². The monoisotopic (exact) mass is 287 g/mol. The van der Waals surface area contributed by atoms with Gasteiger partial charge in [0.2, 0.25) is 0 Å². The molecule has 0 bridgehead atoms. The van der Waals surface area contributed by atoms with E-state index in [0.29, 0.717) is 13.2 Å². The molecular weight excluding hydrogens is 266 g/mol. The standard InChI is InChI=1S/C16H21N3O2/c1-16(2)4-3-5-17-14(16)15-18-10-8-12-13(9-11(10)19-15)21-7-6-20-12/h8-9,14,17H,3-7H2,1-2H3,(H,18,19). The summed E-state index contributed by atoms with van der Waals surface area (Å²) in [4.78, 5) is 8.25. The van der Waals surface area contributed by atoms with Crippen LogP contribution in [0.5, 0.6) is 11.5 Å². The van der Waals surface area contributed by atoms with Crippen molar-refractivity contribution in [2.75, 3.05) is 19.8 Å². The molecule has 0 aliphatic carbocycles. The second-order valence-electron chi connectivity index (χ2n) is 6.61. The van der Waals surface area contributed by atoms with Gasteiger partial charge in [-0.1, -0.05) is 13.8 Å². The van der Waals surface area contributed by atoms with Crippen molar-refractivity contribution in [3.05, 3.63) is 18.0 Å². The third kappa shape index (κ3) is 2.16. The van der Waals surface area contributed by atoms with Crippen molar-refractivity contribution in [1.29, 1.82) is 0 Å². The number of ether oxygens (including phenoxy) is 2. The molecule has 2 N–H and O–H groups in total. The summed E-state index contributed by atoms with van der Waals surface area (Å²) in [5, 5.41) is 3.60. The number of aromatic nitrogens is 2. The molecule has 4 rings (SSSR count). The highest BCUT2D eigenvalue weighted by Crippen LogP contribution is 2.40. The van der Waals surface area contributed by atoms with Crippen LogP contribution in [0.4, 0.5) is 0 Å². The van der Waals surface area contributed by atoms with Gasteiger partial charge in [0.1, 0.15) is 19.0 Å². The molecule has 5 nitrogen and oxygen atoms in total. The van der Waals surface area contributed by atoms with Crippen LogP contribution in [0.3, 0.4) is 0 Å². The van der Waals surface area contributed by atoms with Gasteiger partial charge in [0.25, 0.3) is 0 Å². The Hall–Kier alpha value is -1.75. The van der Waals surface area contributed by atoms with Crippen LogP contribution in [-0.2, 0) is 0 Å². The quantitative estimate of drug-likeness (QED) is 0.846. The Morgan fingerprint density at radius 3 is 2.71 bits per heavy atom. The molecule has 1 atom stereocenters. The van der Waals surface area contributed by atoms with E-state index in [1.165, 1.54) is 12.8 Å². The van der Waals surface area contributed by atoms with Crippen LogP contribution in [-0.4, -0.2) is 29.7 Å². The SMILES string of the molecule is CC1(C)CCCNC1c1nc2cc3c(cc2[nH]1)OCCO3. The van der Waals surface area contributed by atoms with E-state index in [9.17, 15) is 0 Å². The Morgan fingerprint density at radius 2 is 1.95 bits per heavy atom. The van der Waals surface area contributed by atoms with Gasteiger partial charge in [-0.25, -0.2) is 4.98 Å². The van der Waals surface area contributed by atoms with Gasteiger partial charge in [0.15, 0.2) is 11.5 Å². The maximum absolute atomic E-state index is 5.64. The average Bonchev–Trinajstić information content (AvgIpc) is 2.86. The fourth-order valence-electron chi connectivity index (χ4n) is 3.38. The number of fused-ring (bicyclic) bond motifs is 2. The Labute approximate surface area is 124 Å². The second kappa shape index (κ2) is 4.63. The number of hydrogen-bond donors (Lipinski definition) is 2. The number of aromatic amines is 1. The number of piperidine rings is 1. The maximum Gasteiger partial charge on any atom is 0.163 e. The molecule has 0 radical (unpaired) electrons. The zero-order valence-corrected chi connectivity index (χ0v) is 12.5. The summed E-state index contributed by atoms with van der Waals surface area (Å²) in [7, 11) is 0. The molecule has 1 aromatic carbocycles. The molecule has 3 heterocycles. The molecule has 0 spiro atoms. The lowest BCUT2D eigenvalue weighted by atomic mass is 9.77. The Kier molecular flexibility index (Phi) is 2.85. The van der Waals surface area contributed by atoms with E-state index in [0.717, 1.165) is 34.9 Å². The highest BCUT2D eigenvalue weighted by molar-refractivity contribution is 5.80. The average molecular weight is 287 g/mol. The summed E-state index contributed by atoms with van der Waals surface area (Å²) in [6.07, 6.45) is 2.43. The molecule has 1 saturated heterocycles. The first-order valence-corrected chi connectivity index (χ1v) is 7.66. The van der Waals surface area contributed by atoms with Crippen molar-refractivity contribution in [2.45, 2.75) is 32.7 Å². The smallest absolute Gasteiger partial charge is 0.163 e. The maximum atomic E-state index is 5.64. The van der Waals surface area contributed by atoms with Crippen molar-refractivity contribution in [3.8, 4) is 11.5 Å². The number of rotatable bonds is 1. The lowest BCUT2D eigenvalue weighted by Gasteiger charge is -2.38. The van der Waals surface area contributed by atoms with Gasteiger partial charge in [-0.3, -0.25) is 0 Å². The first kappa shape index (κ1) is 13.0. The fraction of sp³-hybridized carbons (Fsp3) is 0.562. The minimum absolute atomic E-state index is 0.207. The number of H-pyrrole nitrogens is 1. The summed E-state index contributed by atoms with van der Waals surface area (Å²) in [6, 6.07) is 4.23. The number of benzene rings is 1. The predicted molar refractivity (Wildman–Crippen MR) is 80.8 cm³/mol. The van der Waals surface area contributed by atoms with E-state index in [1.54, 1.807) is 0 Å². The highest BCUT2D eigenvalue weighted by atomic mass is 16.6. The van der Waals surface area contributed by atoms with Crippen LogP contribution in [0.25, 0.3) is 11.0 Å². The Morgan fingerprint density at radius 1 is 1.19 bits per heavy atom. The van der Waals surface area contributed by atoms with Crippen molar-refractivity contribution >= 4 is 11.0 Å². The van der Waals surface area contributed by atoms with Crippen LogP contribution in [0.15, 0.2) is 12.1 Å². The topological polar surface area (TPSA) is 59.2 Å². The number of nitrogens with zero attached hydrogens (tertiary/aromatic N) is 1. The number of nitrogens with one attached hydrogen (secondary N) is 2.